The number of hydrogen-bond acceptors (Lipinski definition) is 3. The number of hydrogen-bond donors (Lipinski definition) is 0. The Morgan fingerprint density at radius 1 is 1.19 bits per heavy atom. The molecule has 2 aliphatic rings. The smallest absolute Gasteiger partial charge is 0.256 e. The fourth-order valence-electron chi connectivity index (χ4n) is 4.91. The zero-order chi connectivity index (χ0) is 17.7. The molecule has 1 aromatic carbocycles. The number of carbonyl (C=O) groups excluding carboxylic acids is 1. The van der Waals surface area contributed by atoms with Crippen LogP contribution in [0.15, 0.2) is 48.9 Å². The van der Waals surface area contributed by atoms with Crippen molar-refractivity contribution in [2.45, 2.75) is 31.2 Å². The summed E-state index contributed by atoms with van der Waals surface area (Å²) >= 11 is 0. The number of aromatic nitrogens is 3. The molecule has 1 saturated carbocycles. The van der Waals surface area contributed by atoms with E-state index in [0.717, 1.165) is 24.1 Å². The molecule has 2 atom stereocenters. The SMILES string of the molecule is Cn1cnc2cc(C(=O)N3CC4CCCCC43c3ccccc3)cnc21. The monoisotopic (exact) mass is 346 g/mol. The van der Waals surface area contributed by atoms with E-state index in [2.05, 4.69) is 39.1 Å². The van der Waals surface area contributed by atoms with Crippen LogP contribution in [-0.2, 0) is 12.6 Å². The molecule has 1 saturated heterocycles. The van der Waals surface area contributed by atoms with Crippen molar-refractivity contribution >= 4 is 17.1 Å². The standard InChI is InChI=1S/C21H22N4O/c1-24-14-23-18-11-15(12-22-19(18)24)20(26)25-13-17-9-5-6-10-21(17,25)16-7-3-2-4-8-16/h2-4,7-8,11-12,14,17H,5-6,9-10,13H2,1H3. The maximum atomic E-state index is 13.4. The molecule has 2 unspecified atom stereocenters. The molecule has 3 aromatic rings. The summed E-state index contributed by atoms with van der Waals surface area (Å²) in [5.74, 6) is 0.640. The Balaban J connectivity index is 1.54. The van der Waals surface area contributed by atoms with Gasteiger partial charge in [-0.25, -0.2) is 9.97 Å². The van der Waals surface area contributed by atoms with E-state index in [1.54, 1.807) is 12.5 Å². The Hall–Kier alpha value is -2.69. The van der Waals surface area contributed by atoms with Crippen molar-refractivity contribution < 1.29 is 4.79 Å². The highest BCUT2D eigenvalue weighted by atomic mass is 16.2. The highest BCUT2D eigenvalue weighted by molar-refractivity contribution is 5.97. The van der Waals surface area contributed by atoms with Crippen LogP contribution in [0.1, 0.15) is 41.6 Å². The normalized spacial score (nSPS) is 25.0. The number of amides is 1. The molecule has 0 radical (unpaired) electrons. The van der Waals surface area contributed by atoms with E-state index in [0.29, 0.717) is 11.5 Å². The quantitative estimate of drug-likeness (QED) is 0.713. The molecule has 132 valence electrons. The number of aryl methyl sites for hydroxylation is 1. The predicted octanol–water partition coefficient (Wildman–Crippen LogP) is 3.51. The number of imidazole rings is 1. The topological polar surface area (TPSA) is 51.0 Å². The predicted molar refractivity (Wildman–Crippen MR) is 99.6 cm³/mol. The van der Waals surface area contributed by atoms with Crippen LogP contribution >= 0.6 is 0 Å². The highest BCUT2D eigenvalue weighted by Crippen LogP contribution is 2.54. The van der Waals surface area contributed by atoms with E-state index in [1.165, 1.54) is 24.8 Å². The Bertz CT molecular complexity index is 980. The van der Waals surface area contributed by atoms with Gasteiger partial charge in [0, 0.05) is 25.7 Å². The van der Waals surface area contributed by atoms with E-state index < -0.39 is 0 Å². The van der Waals surface area contributed by atoms with Crippen LogP contribution in [0, 0.1) is 5.92 Å². The second-order valence-electron chi connectivity index (χ2n) is 7.57. The second-order valence-corrected chi connectivity index (χ2v) is 7.57. The number of pyridine rings is 1. The molecule has 1 amide bonds. The average molecular weight is 346 g/mol. The largest absolute Gasteiger partial charge is 0.328 e. The van der Waals surface area contributed by atoms with Crippen molar-refractivity contribution in [3.8, 4) is 0 Å². The summed E-state index contributed by atoms with van der Waals surface area (Å²) in [6.45, 7) is 0.841. The first-order valence-electron chi connectivity index (χ1n) is 9.35. The van der Waals surface area contributed by atoms with Gasteiger partial charge in [-0.1, -0.05) is 43.2 Å². The number of nitrogens with zero attached hydrogens (tertiary/aromatic N) is 4. The lowest BCUT2D eigenvalue weighted by atomic mass is 9.61. The molecule has 0 N–H and O–H groups in total. The molecule has 26 heavy (non-hydrogen) atoms. The van der Waals surface area contributed by atoms with Gasteiger partial charge in [0.2, 0.25) is 0 Å². The van der Waals surface area contributed by atoms with Crippen LogP contribution in [0.2, 0.25) is 0 Å². The van der Waals surface area contributed by atoms with E-state index in [9.17, 15) is 4.79 Å². The summed E-state index contributed by atoms with van der Waals surface area (Å²) < 4.78 is 1.87. The summed E-state index contributed by atoms with van der Waals surface area (Å²) in [6.07, 6.45) is 8.12. The molecule has 2 fully saturated rings. The molecule has 1 aliphatic heterocycles. The molecular weight excluding hydrogens is 324 g/mol. The summed E-state index contributed by atoms with van der Waals surface area (Å²) in [6, 6.07) is 12.4. The van der Waals surface area contributed by atoms with Crippen molar-refractivity contribution in [1.82, 2.24) is 19.4 Å². The van der Waals surface area contributed by atoms with Gasteiger partial charge in [0.1, 0.15) is 5.52 Å². The Kier molecular flexibility index (Phi) is 3.39. The summed E-state index contributed by atoms with van der Waals surface area (Å²) in [7, 11) is 1.91. The third-order valence-corrected chi connectivity index (χ3v) is 6.24. The van der Waals surface area contributed by atoms with Gasteiger partial charge < -0.3 is 9.47 Å². The van der Waals surface area contributed by atoms with Gasteiger partial charge >= 0.3 is 0 Å². The first-order chi connectivity index (χ1) is 12.7. The van der Waals surface area contributed by atoms with E-state index in [1.807, 2.05) is 23.7 Å². The molecule has 5 heteroatoms. The fourth-order valence-corrected chi connectivity index (χ4v) is 4.91. The van der Waals surface area contributed by atoms with Crippen molar-refractivity contribution in [1.29, 1.82) is 0 Å². The number of fused-ring (bicyclic) bond motifs is 2. The molecule has 3 heterocycles. The maximum absolute atomic E-state index is 13.4. The van der Waals surface area contributed by atoms with Crippen molar-refractivity contribution in [2.24, 2.45) is 13.0 Å². The van der Waals surface area contributed by atoms with Gasteiger partial charge in [-0.3, -0.25) is 4.79 Å². The van der Waals surface area contributed by atoms with Crippen LogP contribution < -0.4 is 0 Å². The minimum atomic E-state index is -0.143. The summed E-state index contributed by atoms with van der Waals surface area (Å²) in [4.78, 5) is 24.2. The van der Waals surface area contributed by atoms with Crippen LogP contribution in [0.25, 0.3) is 11.2 Å². The van der Waals surface area contributed by atoms with Gasteiger partial charge in [0.25, 0.3) is 5.91 Å². The minimum absolute atomic E-state index is 0.0760. The molecule has 0 bridgehead atoms. The first-order valence-corrected chi connectivity index (χ1v) is 9.35. The third-order valence-electron chi connectivity index (χ3n) is 6.24. The third kappa shape index (κ3) is 2.06. The first kappa shape index (κ1) is 15.6. The van der Waals surface area contributed by atoms with Crippen molar-refractivity contribution in [3.63, 3.8) is 0 Å². The number of rotatable bonds is 2. The van der Waals surface area contributed by atoms with Crippen LogP contribution in [0.4, 0.5) is 0 Å². The highest BCUT2D eigenvalue weighted by Gasteiger charge is 2.57. The Labute approximate surface area is 152 Å². The van der Waals surface area contributed by atoms with E-state index in [-0.39, 0.29) is 11.4 Å². The minimum Gasteiger partial charge on any atom is -0.328 e. The summed E-state index contributed by atoms with van der Waals surface area (Å²) in [5, 5.41) is 0. The molecule has 2 aromatic heterocycles. The lowest BCUT2D eigenvalue weighted by Crippen LogP contribution is -2.67. The number of benzene rings is 1. The lowest BCUT2D eigenvalue weighted by Gasteiger charge is -2.61. The van der Waals surface area contributed by atoms with Gasteiger partial charge in [-0.2, -0.15) is 0 Å². The summed E-state index contributed by atoms with van der Waals surface area (Å²) in [5.41, 5.74) is 3.34. The van der Waals surface area contributed by atoms with Gasteiger partial charge in [0.15, 0.2) is 5.65 Å². The van der Waals surface area contributed by atoms with Gasteiger partial charge in [-0.15, -0.1) is 0 Å². The second kappa shape index (κ2) is 5.66. The number of carbonyl (C=O) groups is 1. The zero-order valence-corrected chi connectivity index (χ0v) is 14.9. The molecular formula is C21H22N4O. The van der Waals surface area contributed by atoms with Crippen molar-refractivity contribution in [2.75, 3.05) is 6.54 Å². The van der Waals surface area contributed by atoms with Gasteiger partial charge in [0.05, 0.1) is 17.4 Å². The molecule has 1 aliphatic carbocycles. The molecule has 5 nitrogen and oxygen atoms in total. The van der Waals surface area contributed by atoms with Crippen LogP contribution in [0.3, 0.4) is 0 Å². The zero-order valence-electron chi connectivity index (χ0n) is 14.9. The van der Waals surface area contributed by atoms with Crippen LogP contribution in [0.5, 0.6) is 0 Å². The van der Waals surface area contributed by atoms with Gasteiger partial charge in [-0.05, 0) is 24.5 Å². The average Bonchev–Trinajstić information content (AvgIpc) is 3.04. The molecule has 5 rings (SSSR count). The van der Waals surface area contributed by atoms with Crippen molar-refractivity contribution in [3.05, 3.63) is 60.0 Å². The van der Waals surface area contributed by atoms with E-state index in [4.69, 9.17) is 0 Å². The number of likely N-dealkylation sites (tertiary alicyclic amines) is 1. The van der Waals surface area contributed by atoms with Crippen LogP contribution in [-0.4, -0.2) is 31.9 Å². The fraction of sp³-hybridized carbons (Fsp3) is 0.381. The van der Waals surface area contributed by atoms with E-state index >= 15 is 0 Å². The molecule has 0 spiro atoms. The lowest BCUT2D eigenvalue weighted by molar-refractivity contribution is -0.0869. The Morgan fingerprint density at radius 2 is 2.04 bits per heavy atom. The Morgan fingerprint density at radius 3 is 2.85 bits per heavy atom. The maximum Gasteiger partial charge on any atom is 0.256 e.